The van der Waals surface area contributed by atoms with Gasteiger partial charge in [0.15, 0.2) is 0 Å². The quantitative estimate of drug-likeness (QED) is 0.393. The highest BCUT2D eigenvalue weighted by atomic mass is 32.1. The fourth-order valence-corrected chi connectivity index (χ4v) is 5.02. The molecule has 34 heavy (non-hydrogen) atoms. The van der Waals surface area contributed by atoms with E-state index in [1.54, 1.807) is 13.1 Å². The summed E-state index contributed by atoms with van der Waals surface area (Å²) in [4.78, 5) is 44.8. The maximum absolute atomic E-state index is 13.1. The lowest BCUT2D eigenvalue weighted by atomic mass is 9.83. The first-order valence-electron chi connectivity index (χ1n) is 10.9. The highest BCUT2D eigenvalue weighted by molar-refractivity contribution is 7.13. The number of benzene rings is 2. The van der Waals surface area contributed by atoms with Gasteiger partial charge in [0, 0.05) is 17.7 Å². The summed E-state index contributed by atoms with van der Waals surface area (Å²) < 4.78 is 6.44. The number of fused-ring (bicyclic) bond motifs is 2. The molecule has 0 atom stereocenters. The van der Waals surface area contributed by atoms with Crippen molar-refractivity contribution in [3.05, 3.63) is 119 Å². The monoisotopic (exact) mass is 471 g/mol. The summed E-state index contributed by atoms with van der Waals surface area (Å²) in [6.45, 7) is 2.13. The van der Waals surface area contributed by atoms with E-state index < -0.39 is 17.2 Å². The zero-order chi connectivity index (χ0) is 23.7. The van der Waals surface area contributed by atoms with E-state index in [-0.39, 0.29) is 19.1 Å². The third-order valence-electron chi connectivity index (χ3n) is 5.74. The Labute approximate surface area is 199 Å². The van der Waals surface area contributed by atoms with Gasteiger partial charge in [-0.3, -0.25) is 14.3 Å². The fraction of sp³-hybridized carbons (Fsp3) is 0.154. The lowest BCUT2D eigenvalue weighted by Gasteiger charge is -2.21. The number of nitrogens with one attached hydrogen (secondary N) is 1. The van der Waals surface area contributed by atoms with Crippen molar-refractivity contribution in [1.82, 2.24) is 14.5 Å². The minimum atomic E-state index is -0.532. The largest absolute Gasteiger partial charge is 0.462 e. The van der Waals surface area contributed by atoms with Crippen LogP contribution >= 0.6 is 11.3 Å². The third-order valence-corrected chi connectivity index (χ3v) is 6.70. The molecule has 2 aromatic heterocycles. The molecule has 1 N–H and O–H groups in total. The van der Waals surface area contributed by atoms with Crippen molar-refractivity contribution in [3.63, 3.8) is 0 Å². The number of thiazole rings is 1. The molecule has 0 unspecified atom stereocenters. The molecule has 4 aromatic rings. The van der Waals surface area contributed by atoms with Crippen molar-refractivity contribution < 1.29 is 9.53 Å². The number of rotatable bonds is 5. The van der Waals surface area contributed by atoms with Crippen LogP contribution in [0.5, 0.6) is 0 Å². The molecule has 0 radical (unpaired) electrons. The second-order valence-electron chi connectivity index (χ2n) is 7.83. The summed E-state index contributed by atoms with van der Waals surface area (Å²) in [7, 11) is 0. The van der Waals surface area contributed by atoms with Gasteiger partial charge < -0.3 is 4.74 Å². The zero-order valence-corrected chi connectivity index (χ0v) is 19.2. The van der Waals surface area contributed by atoms with Gasteiger partial charge in [0.25, 0.3) is 5.56 Å². The summed E-state index contributed by atoms with van der Waals surface area (Å²) in [5.41, 5.74) is 3.50. The number of carbonyl (C=O) groups excluding carboxylic acids is 1. The van der Waals surface area contributed by atoms with E-state index in [2.05, 4.69) is 9.97 Å². The van der Waals surface area contributed by atoms with Crippen molar-refractivity contribution in [2.75, 3.05) is 6.61 Å². The van der Waals surface area contributed by atoms with Gasteiger partial charge >= 0.3 is 11.7 Å². The maximum atomic E-state index is 13.1. The predicted molar refractivity (Wildman–Crippen MR) is 131 cm³/mol. The van der Waals surface area contributed by atoms with E-state index in [4.69, 9.17) is 4.74 Å². The molecule has 0 amide bonds. The number of nitrogens with zero attached hydrogens (tertiary/aromatic N) is 2. The van der Waals surface area contributed by atoms with Crippen LogP contribution in [0.1, 0.15) is 55.3 Å². The van der Waals surface area contributed by atoms with Gasteiger partial charge in [0.05, 0.1) is 19.3 Å². The Bertz CT molecular complexity index is 1480. The predicted octanol–water partition coefficient (Wildman–Crippen LogP) is 3.88. The van der Waals surface area contributed by atoms with Crippen LogP contribution in [0.2, 0.25) is 0 Å². The molecule has 0 aliphatic heterocycles. The highest BCUT2D eigenvalue weighted by Gasteiger charge is 2.26. The molecule has 7 nitrogen and oxygen atoms in total. The fourth-order valence-electron chi connectivity index (χ4n) is 4.21. The smallest absolute Gasteiger partial charge is 0.349 e. The van der Waals surface area contributed by atoms with Crippen LogP contribution in [0, 0.1) is 0 Å². The van der Waals surface area contributed by atoms with Gasteiger partial charge in [-0.25, -0.2) is 14.6 Å². The summed E-state index contributed by atoms with van der Waals surface area (Å²) in [6, 6.07) is 15.9. The molecular weight excluding hydrogens is 450 g/mol. The van der Waals surface area contributed by atoms with E-state index in [0.29, 0.717) is 15.4 Å². The number of ether oxygens (including phenoxy) is 1. The van der Waals surface area contributed by atoms with Gasteiger partial charge in [-0.05, 0) is 29.2 Å². The Balaban J connectivity index is 1.60. The van der Waals surface area contributed by atoms with E-state index >= 15 is 0 Å². The van der Waals surface area contributed by atoms with E-state index in [1.807, 2.05) is 60.7 Å². The molecule has 2 aromatic carbocycles. The summed E-state index contributed by atoms with van der Waals surface area (Å²) in [6.07, 6.45) is 7.14. The SMILES string of the molecule is CCOC(=O)c1cnc(Cn2cc(C3c4ccccc4C=Cc4ccccc43)c(=O)[nH]c2=O)s1. The van der Waals surface area contributed by atoms with Crippen molar-refractivity contribution >= 4 is 29.5 Å². The van der Waals surface area contributed by atoms with Crippen LogP contribution in [-0.2, 0) is 11.3 Å². The lowest BCUT2D eigenvalue weighted by Crippen LogP contribution is -2.33. The molecule has 0 bridgehead atoms. The Kier molecular flexibility index (Phi) is 5.81. The zero-order valence-electron chi connectivity index (χ0n) is 18.4. The molecule has 8 heteroatoms. The Morgan fingerprint density at radius 1 is 1.03 bits per heavy atom. The first-order chi connectivity index (χ1) is 16.5. The molecule has 5 rings (SSSR count). The standard InChI is InChI=1S/C26H21N3O4S/c1-2-33-25(31)21-13-27-22(34-21)15-29-14-20(24(30)28-26(29)32)23-18-9-5-3-7-16(18)11-12-17-8-4-6-10-19(17)23/h3-14,23H,2,15H2,1H3,(H,28,30,32). The van der Waals surface area contributed by atoms with E-state index in [9.17, 15) is 14.4 Å². The van der Waals surface area contributed by atoms with Gasteiger partial charge in [-0.1, -0.05) is 60.7 Å². The summed E-state index contributed by atoms with van der Waals surface area (Å²) in [5.74, 6) is -0.802. The number of hydrogen-bond acceptors (Lipinski definition) is 6. The van der Waals surface area contributed by atoms with Crippen molar-refractivity contribution in [1.29, 1.82) is 0 Å². The van der Waals surface area contributed by atoms with Gasteiger partial charge in [-0.2, -0.15) is 0 Å². The second kappa shape index (κ2) is 9.07. The van der Waals surface area contributed by atoms with Crippen LogP contribution < -0.4 is 11.2 Å². The number of carbonyl (C=O) groups is 1. The molecule has 0 saturated heterocycles. The van der Waals surface area contributed by atoms with Gasteiger partial charge in [-0.15, -0.1) is 11.3 Å². The van der Waals surface area contributed by atoms with E-state index in [1.165, 1.54) is 10.8 Å². The molecule has 1 aliphatic rings. The van der Waals surface area contributed by atoms with Crippen LogP contribution in [0.25, 0.3) is 12.2 Å². The van der Waals surface area contributed by atoms with Crippen molar-refractivity contribution in [3.8, 4) is 0 Å². The Hall–Kier alpha value is -4.04. The average molecular weight is 472 g/mol. The topological polar surface area (TPSA) is 94.0 Å². The number of aromatic amines is 1. The van der Waals surface area contributed by atoms with Crippen LogP contribution in [0.4, 0.5) is 0 Å². The third kappa shape index (κ3) is 4.04. The molecule has 0 spiro atoms. The van der Waals surface area contributed by atoms with Crippen LogP contribution in [-0.4, -0.2) is 27.1 Å². The highest BCUT2D eigenvalue weighted by Crippen LogP contribution is 2.37. The lowest BCUT2D eigenvalue weighted by molar-refractivity contribution is 0.0532. The second-order valence-corrected chi connectivity index (χ2v) is 8.95. The van der Waals surface area contributed by atoms with E-state index in [0.717, 1.165) is 33.6 Å². The minimum Gasteiger partial charge on any atom is -0.462 e. The van der Waals surface area contributed by atoms with Crippen LogP contribution in [0.15, 0.2) is 70.5 Å². The summed E-state index contributed by atoms with van der Waals surface area (Å²) >= 11 is 1.16. The molecule has 1 aliphatic carbocycles. The first-order valence-corrected chi connectivity index (χ1v) is 11.7. The first kappa shape index (κ1) is 21.8. The maximum Gasteiger partial charge on any atom is 0.349 e. The van der Waals surface area contributed by atoms with Gasteiger partial charge in [0.2, 0.25) is 0 Å². The van der Waals surface area contributed by atoms with Crippen molar-refractivity contribution in [2.45, 2.75) is 19.4 Å². The molecule has 2 heterocycles. The number of esters is 1. The summed E-state index contributed by atoms with van der Waals surface area (Å²) in [5, 5.41) is 0.562. The van der Waals surface area contributed by atoms with Crippen LogP contribution in [0.3, 0.4) is 0 Å². The Morgan fingerprint density at radius 2 is 1.68 bits per heavy atom. The van der Waals surface area contributed by atoms with Crippen molar-refractivity contribution in [2.24, 2.45) is 0 Å². The number of H-pyrrole nitrogens is 1. The minimum absolute atomic E-state index is 0.126. The molecule has 0 fully saturated rings. The normalized spacial score (nSPS) is 12.6. The average Bonchev–Trinajstić information content (AvgIpc) is 3.24. The molecular formula is C26H21N3O4S. The molecule has 0 saturated carbocycles. The Morgan fingerprint density at radius 3 is 2.32 bits per heavy atom. The van der Waals surface area contributed by atoms with Gasteiger partial charge in [0.1, 0.15) is 9.88 Å². The number of hydrogen-bond donors (Lipinski definition) is 1. The molecule has 170 valence electrons. The number of aromatic nitrogens is 3.